The number of likely N-dealkylation sites (N-methyl/N-ethyl adjacent to an activating group) is 2. The van der Waals surface area contributed by atoms with Crippen molar-refractivity contribution >= 4 is 17.5 Å². The molecule has 1 aromatic rings. The smallest absolute Gasteiger partial charge is 0.366 e. The van der Waals surface area contributed by atoms with E-state index >= 15 is 0 Å². The fourth-order valence-electron chi connectivity index (χ4n) is 3.06. The Labute approximate surface area is 162 Å². The number of carbonyl (C=O) groups excluding carboxylic acids is 2. The molecule has 1 aliphatic heterocycles. The number of halogens is 3. The average Bonchev–Trinajstić information content (AvgIpc) is 2.60. The van der Waals surface area contributed by atoms with Crippen molar-refractivity contribution < 1.29 is 22.8 Å². The number of nitrogens with zero attached hydrogens (tertiary/aromatic N) is 1. The summed E-state index contributed by atoms with van der Waals surface area (Å²) in [7, 11) is 1.42. The van der Waals surface area contributed by atoms with E-state index in [0.29, 0.717) is 30.9 Å². The molecular weight excluding hydrogens is 373 g/mol. The molecule has 0 radical (unpaired) electrons. The highest BCUT2D eigenvalue weighted by atomic mass is 19.4. The molecule has 6 nitrogen and oxygen atoms in total. The highest BCUT2D eigenvalue weighted by Gasteiger charge is 2.34. The van der Waals surface area contributed by atoms with Gasteiger partial charge in [-0.25, -0.2) is 0 Å². The number of nitrogens with one attached hydrogen (secondary N) is 3. The van der Waals surface area contributed by atoms with Crippen molar-refractivity contribution in [3.63, 3.8) is 0 Å². The molecule has 1 aromatic carbocycles. The Morgan fingerprint density at radius 3 is 2.43 bits per heavy atom. The zero-order valence-electron chi connectivity index (χ0n) is 16.2. The third kappa shape index (κ3) is 4.64. The van der Waals surface area contributed by atoms with Gasteiger partial charge in [0.25, 0.3) is 5.91 Å². The van der Waals surface area contributed by atoms with Crippen LogP contribution in [0.25, 0.3) is 0 Å². The highest BCUT2D eigenvalue weighted by molar-refractivity contribution is 5.99. The van der Waals surface area contributed by atoms with Crippen molar-refractivity contribution in [3.05, 3.63) is 41.0 Å². The van der Waals surface area contributed by atoms with Gasteiger partial charge in [-0.2, -0.15) is 13.2 Å². The minimum absolute atomic E-state index is 0.0692. The lowest BCUT2D eigenvalue weighted by Crippen LogP contribution is -2.57. The van der Waals surface area contributed by atoms with E-state index in [1.165, 1.54) is 7.05 Å². The summed E-state index contributed by atoms with van der Waals surface area (Å²) in [5, 5.41) is 7.96. The quantitative estimate of drug-likeness (QED) is 0.613. The molecule has 0 unspecified atom stereocenters. The van der Waals surface area contributed by atoms with Gasteiger partial charge in [-0.3, -0.25) is 9.59 Å². The summed E-state index contributed by atoms with van der Waals surface area (Å²) in [6.45, 7) is 8.76. The summed E-state index contributed by atoms with van der Waals surface area (Å²) in [4.78, 5) is 26.0. The van der Waals surface area contributed by atoms with Gasteiger partial charge in [-0.15, -0.1) is 0 Å². The molecule has 3 N–H and O–H groups in total. The van der Waals surface area contributed by atoms with Crippen molar-refractivity contribution in [1.29, 1.82) is 0 Å². The van der Waals surface area contributed by atoms with Crippen LogP contribution in [0.3, 0.4) is 0 Å². The Hall–Kier alpha value is -2.55. The third-order valence-electron chi connectivity index (χ3n) is 4.81. The standard InChI is InChI=1S/C19H25F3N4O2/c1-5-26(14-9-24-10-14)16-7-13(19(20,21)22)6-15(12(16)3)18(28)25-8-11(2)17(27)23-4/h6-7,14,24H,2,5,8-10H2,1,3-4H3,(H,23,27)(H,25,28). The van der Waals surface area contributed by atoms with Crippen molar-refractivity contribution in [2.45, 2.75) is 26.1 Å². The monoisotopic (exact) mass is 398 g/mol. The molecule has 1 aliphatic rings. The molecule has 1 fully saturated rings. The molecule has 0 saturated carbocycles. The number of hydrogen-bond donors (Lipinski definition) is 3. The number of anilines is 1. The molecule has 9 heteroatoms. The van der Waals surface area contributed by atoms with Crippen LogP contribution in [0.15, 0.2) is 24.3 Å². The van der Waals surface area contributed by atoms with Gasteiger partial charge in [0.15, 0.2) is 0 Å². The van der Waals surface area contributed by atoms with Crippen LogP contribution in [0, 0.1) is 6.92 Å². The maximum Gasteiger partial charge on any atom is 0.416 e. The molecule has 0 bridgehead atoms. The van der Waals surface area contributed by atoms with Crippen LogP contribution in [-0.4, -0.2) is 51.1 Å². The number of benzene rings is 1. The first kappa shape index (κ1) is 21.7. The largest absolute Gasteiger partial charge is 0.416 e. The lowest BCUT2D eigenvalue weighted by molar-refractivity contribution is -0.137. The first-order valence-corrected chi connectivity index (χ1v) is 8.97. The fraction of sp³-hybridized carbons (Fsp3) is 0.474. The first-order valence-electron chi connectivity index (χ1n) is 8.97. The summed E-state index contributed by atoms with van der Waals surface area (Å²) < 4.78 is 40.3. The van der Waals surface area contributed by atoms with Gasteiger partial charge in [0.1, 0.15) is 0 Å². The summed E-state index contributed by atoms with van der Waals surface area (Å²) in [6, 6.07) is 2.03. The second kappa shape index (κ2) is 8.64. The molecule has 0 aromatic heterocycles. The molecular formula is C19H25F3N4O2. The van der Waals surface area contributed by atoms with E-state index in [4.69, 9.17) is 0 Å². The van der Waals surface area contributed by atoms with Crippen molar-refractivity contribution in [2.24, 2.45) is 0 Å². The van der Waals surface area contributed by atoms with Crippen LogP contribution in [0.5, 0.6) is 0 Å². The van der Waals surface area contributed by atoms with Gasteiger partial charge in [0.05, 0.1) is 11.6 Å². The molecule has 28 heavy (non-hydrogen) atoms. The maximum atomic E-state index is 13.4. The molecule has 154 valence electrons. The Bertz CT molecular complexity index is 773. The molecule has 2 rings (SSSR count). The van der Waals surface area contributed by atoms with E-state index in [-0.39, 0.29) is 23.7 Å². The normalized spacial score (nSPS) is 14.2. The molecule has 0 aliphatic carbocycles. The lowest BCUT2D eigenvalue weighted by atomic mass is 9.98. The zero-order valence-corrected chi connectivity index (χ0v) is 16.2. The Kier molecular flexibility index (Phi) is 6.71. The van der Waals surface area contributed by atoms with Crippen LogP contribution in [0.4, 0.5) is 18.9 Å². The number of hydrogen-bond acceptors (Lipinski definition) is 4. The zero-order chi connectivity index (χ0) is 21.1. The SMILES string of the molecule is C=C(CNC(=O)c1cc(C(F)(F)F)cc(N(CC)C2CNC2)c1C)C(=O)NC. The summed E-state index contributed by atoms with van der Waals surface area (Å²) in [6.07, 6.45) is -4.58. The Balaban J connectivity index is 2.39. The minimum Gasteiger partial charge on any atom is -0.366 e. The molecule has 0 spiro atoms. The number of rotatable bonds is 7. The van der Waals surface area contributed by atoms with Gasteiger partial charge in [0.2, 0.25) is 5.91 Å². The van der Waals surface area contributed by atoms with Crippen LogP contribution in [0.2, 0.25) is 0 Å². The first-order chi connectivity index (χ1) is 13.1. The van der Waals surface area contributed by atoms with Crippen LogP contribution < -0.4 is 20.9 Å². The van der Waals surface area contributed by atoms with Gasteiger partial charge >= 0.3 is 6.18 Å². The van der Waals surface area contributed by atoms with Crippen molar-refractivity contribution in [3.8, 4) is 0 Å². The molecule has 1 heterocycles. The summed E-state index contributed by atoms with van der Waals surface area (Å²) in [5.41, 5.74) is 0.00899. The number of amides is 2. The van der Waals surface area contributed by atoms with Crippen LogP contribution in [0.1, 0.15) is 28.4 Å². The van der Waals surface area contributed by atoms with Gasteiger partial charge in [0, 0.05) is 50.1 Å². The lowest BCUT2D eigenvalue weighted by Gasteiger charge is -2.40. The van der Waals surface area contributed by atoms with E-state index in [2.05, 4.69) is 22.5 Å². The van der Waals surface area contributed by atoms with E-state index in [1.54, 1.807) is 6.92 Å². The second-order valence-electron chi connectivity index (χ2n) is 6.63. The second-order valence-corrected chi connectivity index (χ2v) is 6.63. The predicted octanol–water partition coefficient (Wildman–Crippen LogP) is 1.84. The molecule has 1 saturated heterocycles. The summed E-state index contributed by atoms with van der Waals surface area (Å²) in [5.74, 6) is -1.13. The van der Waals surface area contributed by atoms with E-state index < -0.39 is 23.6 Å². The Morgan fingerprint density at radius 2 is 1.96 bits per heavy atom. The average molecular weight is 398 g/mol. The summed E-state index contributed by atoms with van der Waals surface area (Å²) >= 11 is 0. The van der Waals surface area contributed by atoms with Gasteiger partial charge in [-0.05, 0) is 31.5 Å². The van der Waals surface area contributed by atoms with E-state index in [0.717, 1.165) is 12.1 Å². The van der Waals surface area contributed by atoms with Gasteiger partial charge < -0.3 is 20.9 Å². The minimum atomic E-state index is -4.58. The highest BCUT2D eigenvalue weighted by Crippen LogP contribution is 2.36. The molecule has 0 atom stereocenters. The number of alkyl halides is 3. The fourth-order valence-corrected chi connectivity index (χ4v) is 3.06. The molecule has 2 amide bonds. The van der Waals surface area contributed by atoms with Gasteiger partial charge in [-0.1, -0.05) is 6.58 Å². The van der Waals surface area contributed by atoms with E-state index in [1.807, 2.05) is 11.8 Å². The van der Waals surface area contributed by atoms with Crippen LogP contribution in [-0.2, 0) is 11.0 Å². The third-order valence-corrected chi connectivity index (χ3v) is 4.81. The predicted molar refractivity (Wildman–Crippen MR) is 101 cm³/mol. The topological polar surface area (TPSA) is 73.5 Å². The Morgan fingerprint density at radius 1 is 1.32 bits per heavy atom. The van der Waals surface area contributed by atoms with Crippen LogP contribution >= 0.6 is 0 Å². The van der Waals surface area contributed by atoms with E-state index in [9.17, 15) is 22.8 Å². The maximum absolute atomic E-state index is 13.4. The van der Waals surface area contributed by atoms with Crippen molar-refractivity contribution in [1.82, 2.24) is 16.0 Å². The number of carbonyl (C=O) groups is 2. The van der Waals surface area contributed by atoms with Crippen molar-refractivity contribution in [2.75, 3.05) is 38.1 Å².